The van der Waals surface area contributed by atoms with Gasteiger partial charge >= 0.3 is 12.1 Å². The lowest BCUT2D eigenvalue weighted by molar-refractivity contribution is -0.138. The van der Waals surface area contributed by atoms with E-state index >= 15 is 0 Å². The van der Waals surface area contributed by atoms with Crippen LogP contribution in [0.2, 0.25) is 0 Å². The number of hydrogen-bond donors (Lipinski definition) is 3. The molecular weight excluding hydrogens is 429 g/mol. The maximum atomic E-state index is 13.3. The van der Waals surface area contributed by atoms with Crippen LogP contribution in [0.25, 0.3) is 0 Å². The molecule has 32 heavy (non-hydrogen) atoms. The summed E-state index contributed by atoms with van der Waals surface area (Å²) in [5.41, 5.74) is -0.476. The molecule has 1 heterocycles. The van der Waals surface area contributed by atoms with Gasteiger partial charge in [0.2, 0.25) is 0 Å². The Kier molecular flexibility index (Phi) is 4.41. The largest absolute Gasteiger partial charge is 0.507 e. The van der Waals surface area contributed by atoms with Crippen LogP contribution in [-0.2, 0) is 17.5 Å². The van der Waals surface area contributed by atoms with Crippen molar-refractivity contribution in [3.8, 4) is 5.75 Å². The number of rotatable bonds is 5. The quantitative estimate of drug-likeness (QED) is 0.652. The highest BCUT2D eigenvalue weighted by Gasteiger charge is 2.66. The molecule has 2 aromatic rings. The van der Waals surface area contributed by atoms with Crippen LogP contribution in [0.1, 0.15) is 57.4 Å². The number of carbonyl (C=O) groups is 2. The first kappa shape index (κ1) is 20.6. The Balaban J connectivity index is 1.59. The maximum Gasteiger partial charge on any atom is 0.416 e. The highest BCUT2D eigenvalue weighted by atomic mass is 19.4. The summed E-state index contributed by atoms with van der Waals surface area (Å²) in [5, 5.41) is 21.8. The number of carbonyl (C=O) groups excluding carboxylic acids is 1. The Labute approximate surface area is 179 Å². The topological polar surface area (TPSA) is 109 Å². The Morgan fingerprint density at radius 1 is 1.16 bits per heavy atom. The molecule has 4 atom stereocenters. The van der Waals surface area contributed by atoms with E-state index in [0.717, 1.165) is 25.0 Å². The van der Waals surface area contributed by atoms with Gasteiger partial charge in [-0.05, 0) is 48.3 Å². The highest BCUT2D eigenvalue weighted by Crippen LogP contribution is 2.75. The van der Waals surface area contributed by atoms with Gasteiger partial charge in [0, 0.05) is 17.2 Å². The van der Waals surface area contributed by atoms with Crippen molar-refractivity contribution in [2.45, 2.75) is 37.4 Å². The number of carboxylic acids is 1. The Bertz CT molecular complexity index is 1200. The molecule has 168 valence electrons. The third kappa shape index (κ3) is 3.00. The lowest BCUT2D eigenvalue weighted by atomic mass is 9.99. The highest BCUT2D eigenvalue weighted by molar-refractivity contribution is 5.98. The minimum absolute atomic E-state index is 0.0502. The molecule has 3 aliphatic rings. The predicted octanol–water partition coefficient (Wildman–Crippen LogP) is 2.66. The zero-order valence-corrected chi connectivity index (χ0v) is 16.6. The molecule has 3 N–H and O–H groups in total. The minimum Gasteiger partial charge on any atom is -0.507 e. The SMILES string of the molecule is O=C(O)CNC(=O)c1c(O)c2c(n(Cc3ccc(C(F)(F)F)cc3)c1=O)C1CCC3C2C13. The van der Waals surface area contributed by atoms with Gasteiger partial charge in [0.25, 0.3) is 11.5 Å². The molecule has 4 unspecified atom stereocenters. The van der Waals surface area contributed by atoms with E-state index < -0.39 is 47.0 Å². The smallest absolute Gasteiger partial charge is 0.416 e. The van der Waals surface area contributed by atoms with E-state index in [2.05, 4.69) is 5.32 Å². The van der Waals surface area contributed by atoms with Crippen molar-refractivity contribution < 1.29 is 33.0 Å². The summed E-state index contributed by atoms with van der Waals surface area (Å²) in [7, 11) is 0. The van der Waals surface area contributed by atoms with E-state index in [0.29, 0.717) is 28.7 Å². The normalized spacial score (nSPS) is 24.7. The van der Waals surface area contributed by atoms with E-state index in [1.165, 1.54) is 16.7 Å². The number of alkyl halides is 3. The second-order valence-electron chi connectivity index (χ2n) is 8.64. The van der Waals surface area contributed by atoms with Crippen molar-refractivity contribution in [3.05, 3.63) is 62.6 Å². The van der Waals surface area contributed by atoms with Gasteiger partial charge in [0.1, 0.15) is 17.9 Å². The fraction of sp³-hybridized carbons (Fsp3) is 0.409. The summed E-state index contributed by atoms with van der Waals surface area (Å²) in [6.45, 7) is -0.773. The van der Waals surface area contributed by atoms with Crippen LogP contribution >= 0.6 is 0 Å². The summed E-state index contributed by atoms with van der Waals surface area (Å²) in [4.78, 5) is 36.7. The molecule has 0 radical (unpaired) electrons. The molecule has 0 aliphatic heterocycles. The van der Waals surface area contributed by atoms with E-state index in [1.54, 1.807) is 0 Å². The first-order valence-electron chi connectivity index (χ1n) is 10.2. The number of nitrogens with one attached hydrogen (secondary N) is 1. The second kappa shape index (κ2) is 6.85. The molecule has 0 spiro atoms. The van der Waals surface area contributed by atoms with Crippen LogP contribution in [0, 0.1) is 11.8 Å². The first-order valence-corrected chi connectivity index (χ1v) is 10.2. The molecule has 0 saturated heterocycles. The van der Waals surface area contributed by atoms with Crippen molar-refractivity contribution in [2.24, 2.45) is 11.8 Å². The van der Waals surface area contributed by atoms with Crippen molar-refractivity contribution >= 4 is 11.9 Å². The van der Waals surface area contributed by atoms with Crippen LogP contribution in [0.5, 0.6) is 5.75 Å². The molecule has 10 heteroatoms. The van der Waals surface area contributed by atoms with Crippen molar-refractivity contribution in [3.63, 3.8) is 0 Å². The molecule has 1 aromatic carbocycles. The number of aromatic nitrogens is 1. The maximum absolute atomic E-state index is 13.3. The Morgan fingerprint density at radius 2 is 1.84 bits per heavy atom. The number of benzene rings is 1. The average molecular weight is 448 g/mol. The number of amides is 1. The third-order valence-corrected chi connectivity index (χ3v) is 6.96. The summed E-state index contributed by atoms with van der Waals surface area (Å²) in [5.74, 6) is -1.89. The number of pyridine rings is 1. The van der Waals surface area contributed by atoms with Gasteiger partial charge in [0.15, 0.2) is 0 Å². The predicted molar refractivity (Wildman–Crippen MR) is 105 cm³/mol. The lowest BCUT2D eigenvalue weighted by Crippen LogP contribution is -2.37. The Hall–Kier alpha value is -3.30. The van der Waals surface area contributed by atoms with E-state index in [-0.39, 0.29) is 18.4 Å². The summed E-state index contributed by atoms with van der Waals surface area (Å²) in [6.07, 6.45) is -2.69. The summed E-state index contributed by atoms with van der Waals surface area (Å²) in [6, 6.07) is 4.44. The van der Waals surface area contributed by atoms with Crippen LogP contribution in [0.15, 0.2) is 29.1 Å². The number of fused-ring (bicyclic) bond motifs is 4. The summed E-state index contributed by atoms with van der Waals surface area (Å²) < 4.78 is 40.0. The van der Waals surface area contributed by atoms with Crippen LogP contribution in [0.3, 0.4) is 0 Å². The second-order valence-corrected chi connectivity index (χ2v) is 8.64. The van der Waals surface area contributed by atoms with Gasteiger partial charge < -0.3 is 20.1 Å². The number of aliphatic carboxylic acids is 1. The lowest BCUT2D eigenvalue weighted by Gasteiger charge is -2.21. The fourth-order valence-electron chi connectivity index (χ4n) is 5.67. The Morgan fingerprint density at radius 3 is 2.47 bits per heavy atom. The standard InChI is InChI=1S/C22H19F3N2O5/c23-22(24,25)10-3-1-9(2-4-10)8-27-18-12-6-5-11-14(12)15(11)16(18)19(30)17(21(27)32)20(31)26-7-13(28)29/h1-4,11-12,14-15,30H,5-8H2,(H,26,31)(H,28,29). The molecule has 5 rings (SSSR count). The number of aromatic hydroxyl groups is 1. The molecule has 1 aromatic heterocycles. The monoisotopic (exact) mass is 448 g/mol. The molecule has 0 bridgehead atoms. The molecular formula is C22H19F3N2O5. The third-order valence-electron chi connectivity index (χ3n) is 6.96. The van der Waals surface area contributed by atoms with Gasteiger partial charge in [-0.1, -0.05) is 12.1 Å². The molecule has 7 nitrogen and oxygen atoms in total. The number of hydrogen-bond acceptors (Lipinski definition) is 4. The summed E-state index contributed by atoms with van der Waals surface area (Å²) >= 11 is 0. The molecule has 2 saturated carbocycles. The van der Waals surface area contributed by atoms with Gasteiger partial charge in [-0.3, -0.25) is 14.4 Å². The van der Waals surface area contributed by atoms with Crippen LogP contribution < -0.4 is 10.9 Å². The van der Waals surface area contributed by atoms with Crippen molar-refractivity contribution in [1.82, 2.24) is 9.88 Å². The minimum atomic E-state index is -4.48. The van der Waals surface area contributed by atoms with Crippen molar-refractivity contribution in [2.75, 3.05) is 6.54 Å². The molecule has 1 amide bonds. The van der Waals surface area contributed by atoms with Crippen molar-refractivity contribution in [1.29, 1.82) is 0 Å². The number of halogens is 3. The first-order chi connectivity index (χ1) is 15.1. The number of carboxylic acid groups (broad SMARTS) is 1. The molecule has 2 fully saturated rings. The van der Waals surface area contributed by atoms with E-state index in [9.17, 15) is 32.7 Å². The van der Waals surface area contributed by atoms with E-state index in [1.807, 2.05) is 0 Å². The van der Waals surface area contributed by atoms with Gasteiger partial charge in [-0.25, -0.2) is 0 Å². The van der Waals surface area contributed by atoms with E-state index in [4.69, 9.17) is 5.11 Å². The zero-order chi connectivity index (χ0) is 22.9. The zero-order valence-electron chi connectivity index (χ0n) is 16.6. The van der Waals surface area contributed by atoms with Gasteiger partial charge in [-0.2, -0.15) is 13.2 Å². The molecule has 3 aliphatic carbocycles. The van der Waals surface area contributed by atoms with Crippen LogP contribution in [-0.4, -0.2) is 33.2 Å². The number of nitrogens with zero attached hydrogens (tertiary/aromatic N) is 1. The van der Waals surface area contributed by atoms with Gasteiger partial charge in [0.05, 0.1) is 12.1 Å². The van der Waals surface area contributed by atoms with Crippen LogP contribution in [0.4, 0.5) is 13.2 Å². The van der Waals surface area contributed by atoms with Gasteiger partial charge in [-0.15, -0.1) is 0 Å². The fourth-order valence-corrected chi connectivity index (χ4v) is 5.67. The average Bonchev–Trinajstić information content (AvgIpc) is 3.14.